The quantitative estimate of drug-likeness (QED) is 0.327. The molecule has 0 bridgehead atoms. The Kier molecular flexibility index (Phi) is 9.51. The van der Waals surface area contributed by atoms with Crippen molar-refractivity contribution >= 4 is 23.9 Å². The zero-order valence-corrected chi connectivity index (χ0v) is 13.0. The van der Waals surface area contributed by atoms with Crippen molar-refractivity contribution in [3.8, 4) is 0 Å². The smallest absolute Gasteiger partial charge is 0.304 e. The van der Waals surface area contributed by atoms with Crippen LogP contribution in [0.5, 0.6) is 0 Å². The molecule has 2 unspecified atom stereocenters. The fourth-order valence-electron chi connectivity index (χ4n) is 1.30. The summed E-state index contributed by atoms with van der Waals surface area (Å²) in [5.41, 5.74) is 0. The summed E-state index contributed by atoms with van der Waals surface area (Å²) in [4.78, 5) is 43.6. The van der Waals surface area contributed by atoms with Gasteiger partial charge in [-0.3, -0.25) is 19.2 Å². The van der Waals surface area contributed by atoms with Gasteiger partial charge in [0.25, 0.3) is 0 Å². The number of hydrogen-bond donors (Lipinski definition) is 0. The topological polar surface area (TPSA) is 114 Å². The van der Waals surface area contributed by atoms with Crippen LogP contribution in [0.3, 0.4) is 0 Å². The largest absolute Gasteiger partial charge is 0.463 e. The molecule has 0 radical (unpaired) electrons. The summed E-state index contributed by atoms with van der Waals surface area (Å²) in [5.74, 6) is -2.37. The van der Waals surface area contributed by atoms with Crippen LogP contribution >= 0.6 is 0 Å². The zero-order chi connectivity index (χ0) is 17.1. The van der Waals surface area contributed by atoms with Gasteiger partial charge < -0.3 is 23.7 Å². The first-order chi connectivity index (χ1) is 10.2. The molecule has 0 aliphatic heterocycles. The highest BCUT2D eigenvalue weighted by atomic mass is 16.7. The molecule has 0 heterocycles. The highest BCUT2D eigenvalue weighted by molar-refractivity contribution is 5.67. The highest BCUT2D eigenvalue weighted by Gasteiger charge is 2.28. The third-order valence-electron chi connectivity index (χ3n) is 2.18. The van der Waals surface area contributed by atoms with Crippen molar-refractivity contribution in [2.24, 2.45) is 0 Å². The maximum atomic E-state index is 11.1. The van der Waals surface area contributed by atoms with E-state index in [0.29, 0.717) is 0 Å². The van der Waals surface area contributed by atoms with Crippen molar-refractivity contribution < 1.29 is 42.9 Å². The minimum Gasteiger partial charge on any atom is -0.463 e. The Morgan fingerprint density at radius 2 is 1.14 bits per heavy atom. The molecule has 0 spiro atoms. The molecule has 9 heteroatoms. The van der Waals surface area contributed by atoms with Gasteiger partial charge in [-0.25, -0.2) is 0 Å². The molecular weight excluding hydrogens is 300 g/mol. The summed E-state index contributed by atoms with van der Waals surface area (Å²) in [7, 11) is 0. The summed E-state index contributed by atoms with van der Waals surface area (Å²) in [6.45, 7) is 3.74. The van der Waals surface area contributed by atoms with Gasteiger partial charge in [0.15, 0.2) is 12.9 Å². The van der Waals surface area contributed by atoms with Gasteiger partial charge in [0.2, 0.25) is 0 Å². The lowest BCUT2D eigenvalue weighted by molar-refractivity contribution is -0.189. The first kappa shape index (κ1) is 19.8. The van der Waals surface area contributed by atoms with E-state index in [9.17, 15) is 19.2 Å². The molecule has 0 aromatic heterocycles. The minimum absolute atomic E-state index is 0.268. The van der Waals surface area contributed by atoms with E-state index in [2.05, 4.69) is 4.74 Å². The van der Waals surface area contributed by atoms with Crippen LogP contribution in [0.1, 0.15) is 27.7 Å². The summed E-state index contributed by atoms with van der Waals surface area (Å²) < 4.78 is 24.4. The van der Waals surface area contributed by atoms with Crippen LogP contribution in [-0.4, -0.2) is 56.1 Å². The molecule has 0 aliphatic carbocycles. The van der Waals surface area contributed by atoms with Gasteiger partial charge in [-0.05, 0) is 0 Å². The second-order valence-electron chi connectivity index (χ2n) is 4.21. The van der Waals surface area contributed by atoms with Gasteiger partial charge in [0.1, 0.15) is 19.3 Å². The van der Waals surface area contributed by atoms with E-state index in [0.717, 1.165) is 6.92 Å². The third-order valence-corrected chi connectivity index (χ3v) is 2.18. The van der Waals surface area contributed by atoms with Crippen LogP contribution in [0.4, 0.5) is 0 Å². The second kappa shape index (κ2) is 10.6. The number of ether oxygens (including phenoxy) is 5. The summed E-state index contributed by atoms with van der Waals surface area (Å²) in [5, 5.41) is 0. The van der Waals surface area contributed by atoms with Gasteiger partial charge in [0, 0.05) is 27.7 Å². The molecule has 22 heavy (non-hydrogen) atoms. The van der Waals surface area contributed by atoms with Crippen LogP contribution < -0.4 is 0 Å². The molecule has 0 saturated heterocycles. The number of esters is 4. The highest BCUT2D eigenvalue weighted by Crippen LogP contribution is 2.08. The zero-order valence-electron chi connectivity index (χ0n) is 13.0. The van der Waals surface area contributed by atoms with Crippen LogP contribution in [-0.2, 0) is 42.9 Å². The molecule has 0 fully saturated rings. The third kappa shape index (κ3) is 10.6. The van der Waals surface area contributed by atoms with E-state index in [4.69, 9.17) is 18.9 Å². The van der Waals surface area contributed by atoms with Crippen molar-refractivity contribution in [2.45, 2.75) is 39.9 Å². The molecule has 2 atom stereocenters. The fraction of sp³-hybridized carbons (Fsp3) is 0.692. The summed E-state index contributed by atoms with van der Waals surface area (Å²) >= 11 is 0. The average molecular weight is 320 g/mol. The number of carbonyl (C=O) groups excluding carboxylic acids is 4. The number of carbonyl (C=O) groups is 4. The Morgan fingerprint density at radius 3 is 1.55 bits per heavy atom. The Hall–Kier alpha value is -2.16. The van der Waals surface area contributed by atoms with Crippen LogP contribution in [0.2, 0.25) is 0 Å². The SMILES string of the molecule is CC(=O)OCOC(COC(C)=O)C(COC(C)=O)OC(C)=O. The molecular formula is C13H20O9. The standard InChI is InChI=1S/C13H20O9/c1-8(14)18-5-12(21-7-20-10(3)16)13(22-11(4)17)6-19-9(2)15/h12-13H,5-7H2,1-4H3. The predicted octanol–water partition coefficient (Wildman–Crippen LogP) is -0.0499. The van der Waals surface area contributed by atoms with E-state index in [1.807, 2.05) is 0 Å². The lowest BCUT2D eigenvalue weighted by Crippen LogP contribution is -2.41. The van der Waals surface area contributed by atoms with E-state index in [1.165, 1.54) is 20.8 Å². The first-order valence-corrected chi connectivity index (χ1v) is 6.41. The van der Waals surface area contributed by atoms with Crippen LogP contribution in [0.25, 0.3) is 0 Å². The van der Waals surface area contributed by atoms with E-state index in [-0.39, 0.29) is 13.2 Å². The van der Waals surface area contributed by atoms with E-state index in [1.54, 1.807) is 0 Å². The normalized spacial score (nSPS) is 12.7. The average Bonchev–Trinajstić information content (AvgIpc) is 2.37. The monoisotopic (exact) mass is 320 g/mol. The van der Waals surface area contributed by atoms with Crippen LogP contribution in [0, 0.1) is 0 Å². The van der Waals surface area contributed by atoms with E-state index >= 15 is 0 Å². The van der Waals surface area contributed by atoms with Crippen molar-refractivity contribution in [2.75, 3.05) is 20.0 Å². The molecule has 126 valence electrons. The van der Waals surface area contributed by atoms with Crippen molar-refractivity contribution in [3.63, 3.8) is 0 Å². The predicted molar refractivity (Wildman–Crippen MR) is 70.3 cm³/mol. The van der Waals surface area contributed by atoms with Gasteiger partial charge in [-0.2, -0.15) is 0 Å². The molecule has 0 saturated carbocycles. The Balaban J connectivity index is 4.79. The van der Waals surface area contributed by atoms with E-state index < -0.39 is 42.9 Å². The Bertz CT molecular complexity index is 404. The van der Waals surface area contributed by atoms with Crippen molar-refractivity contribution in [1.82, 2.24) is 0 Å². The fourth-order valence-corrected chi connectivity index (χ4v) is 1.30. The van der Waals surface area contributed by atoms with Gasteiger partial charge >= 0.3 is 23.9 Å². The number of hydrogen-bond acceptors (Lipinski definition) is 9. The van der Waals surface area contributed by atoms with Gasteiger partial charge in [-0.1, -0.05) is 0 Å². The maximum absolute atomic E-state index is 11.1. The van der Waals surface area contributed by atoms with Gasteiger partial charge in [-0.15, -0.1) is 0 Å². The molecule has 0 rings (SSSR count). The molecule has 0 aromatic carbocycles. The van der Waals surface area contributed by atoms with Crippen LogP contribution in [0.15, 0.2) is 0 Å². The van der Waals surface area contributed by atoms with Gasteiger partial charge in [0.05, 0.1) is 0 Å². The molecule has 0 N–H and O–H groups in total. The molecule has 9 nitrogen and oxygen atoms in total. The molecule has 0 aliphatic rings. The van der Waals surface area contributed by atoms with Crippen molar-refractivity contribution in [3.05, 3.63) is 0 Å². The lowest BCUT2D eigenvalue weighted by Gasteiger charge is -2.25. The number of rotatable bonds is 9. The second-order valence-corrected chi connectivity index (χ2v) is 4.21. The summed E-state index contributed by atoms with van der Waals surface area (Å²) in [6.07, 6.45) is -1.98. The first-order valence-electron chi connectivity index (χ1n) is 6.41. The summed E-state index contributed by atoms with van der Waals surface area (Å²) in [6, 6.07) is 0. The molecule has 0 aromatic rings. The minimum atomic E-state index is -1.02. The van der Waals surface area contributed by atoms with Crippen molar-refractivity contribution in [1.29, 1.82) is 0 Å². The Labute approximate surface area is 127 Å². The molecule has 0 amide bonds. The Morgan fingerprint density at radius 1 is 0.682 bits per heavy atom. The maximum Gasteiger partial charge on any atom is 0.304 e. The lowest BCUT2D eigenvalue weighted by atomic mass is 10.2.